The van der Waals surface area contributed by atoms with Gasteiger partial charge >= 0.3 is 0 Å². The molecule has 0 aliphatic rings. The second-order valence-electron chi connectivity index (χ2n) is 3.91. The quantitative estimate of drug-likeness (QED) is 0.725. The Kier molecular flexibility index (Phi) is 2.40. The number of H-pyrrole nitrogens is 1. The molecule has 2 heterocycles. The molecule has 0 bridgehead atoms. The van der Waals surface area contributed by atoms with Crippen LogP contribution in [0.2, 0.25) is 0 Å². The summed E-state index contributed by atoms with van der Waals surface area (Å²) in [4.78, 5) is 15.1. The van der Waals surface area contributed by atoms with Crippen LogP contribution in [0.4, 0.5) is 15.9 Å². The second kappa shape index (κ2) is 4.06. The summed E-state index contributed by atoms with van der Waals surface area (Å²) in [6.07, 6.45) is 2.96. The van der Waals surface area contributed by atoms with Crippen molar-refractivity contribution >= 4 is 22.7 Å². The van der Waals surface area contributed by atoms with Gasteiger partial charge in [0.15, 0.2) is 11.5 Å². The first-order valence-corrected chi connectivity index (χ1v) is 5.41. The molecule has 90 valence electrons. The Labute approximate surface area is 102 Å². The van der Waals surface area contributed by atoms with Crippen molar-refractivity contribution in [2.75, 3.05) is 5.32 Å². The van der Waals surface area contributed by atoms with Gasteiger partial charge in [-0.05, 0) is 24.6 Å². The number of aryl methyl sites for hydroxylation is 1. The SMILES string of the molecule is Cc1ccc(F)cc1Nc1ncnc2nc[nH]c12. The van der Waals surface area contributed by atoms with E-state index in [9.17, 15) is 4.39 Å². The van der Waals surface area contributed by atoms with Crippen LogP contribution in [0.25, 0.3) is 11.2 Å². The number of imidazole rings is 1. The van der Waals surface area contributed by atoms with Crippen LogP contribution >= 0.6 is 0 Å². The molecule has 0 saturated heterocycles. The number of anilines is 2. The molecule has 0 unspecified atom stereocenters. The van der Waals surface area contributed by atoms with E-state index in [0.717, 1.165) is 5.56 Å². The third-order valence-electron chi connectivity index (χ3n) is 2.68. The van der Waals surface area contributed by atoms with Gasteiger partial charge in [-0.3, -0.25) is 0 Å². The number of aromatic nitrogens is 4. The van der Waals surface area contributed by atoms with Crippen LogP contribution < -0.4 is 5.32 Å². The minimum atomic E-state index is -0.294. The molecule has 3 rings (SSSR count). The Morgan fingerprint density at radius 3 is 3.00 bits per heavy atom. The smallest absolute Gasteiger partial charge is 0.182 e. The maximum Gasteiger partial charge on any atom is 0.182 e. The molecule has 0 aliphatic carbocycles. The molecular formula is C12H10FN5. The number of halogens is 1. The number of nitrogens with one attached hydrogen (secondary N) is 2. The van der Waals surface area contributed by atoms with E-state index in [1.807, 2.05) is 6.92 Å². The van der Waals surface area contributed by atoms with Crippen molar-refractivity contribution in [2.45, 2.75) is 6.92 Å². The van der Waals surface area contributed by atoms with Crippen molar-refractivity contribution in [3.05, 3.63) is 42.2 Å². The molecule has 0 atom stereocenters. The highest BCUT2D eigenvalue weighted by atomic mass is 19.1. The van der Waals surface area contributed by atoms with E-state index in [-0.39, 0.29) is 5.82 Å². The van der Waals surface area contributed by atoms with E-state index >= 15 is 0 Å². The second-order valence-corrected chi connectivity index (χ2v) is 3.91. The van der Waals surface area contributed by atoms with Crippen LogP contribution in [0, 0.1) is 12.7 Å². The fourth-order valence-corrected chi connectivity index (χ4v) is 1.72. The summed E-state index contributed by atoms with van der Waals surface area (Å²) in [6, 6.07) is 4.56. The van der Waals surface area contributed by atoms with E-state index in [0.29, 0.717) is 22.7 Å². The molecule has 0 fully saturated rings. The molecular weight excluding hydrogens is 233 g/mol. The normalized spacial score (nSPS) is 10.8. The molecule has 1 aromatic carbocycles. The van der Waals surface area contributed by atoms with Crippen molar-refractivity contribution < 1.29 is 4.39 Å². The van der Waals surface area contributed by atoms with Gasteiger partial charge in [0.25, 0.3) is 0 Å². The average molecular weight is 243 g/mol. The van der Waals surface area contributed by atoms with Gasteiger partial charge in [0.2, 0.25) is 0 Å². The standard InChI is InChI=1S/C12H10FN5/c1-7-2-3-8(13)4-9(7)18-12-10-11(15-5-14-10)16-6-17-12/h2-6H,1H3,(H2,14,15,16,17,18). The number of rotatable bonds is 2. The zero-order valence-corrected chi connectivity index (χ0v) is 9.61. The van der Waals surface area contributed by atoms with E-state index in [1.54, 1.807) is 12.4 Å². The number of benzene rings is 1. The summed E-state index contributed by atoms with van der Waals surface area (Å²) in [5.41, 5.74) is 2.87. The van der Waals surface area contributed by atoms with E-state index in [4.69, 9.17) is 0 Å². The maximum absolute atomic E-state index is 13.2. The topological polar surface area (TPSA) is 66.5 Å². The summed E-state index contributed by atoms with van der Waals surface area (Å²) >= 11 is 0. The number of fused-ring (bicyclic) bond motifs is 1. The highest BCUT2D eigenvalue weighted by Crippen LogP contribution is 2.23. The third kappa shape index (κ3) is 1.77. The lowest BCUT2D eigenvalue weighted by atomic mass is 10.2. The van der Waals surface area contributed by atoms with Gasteiger partial charge in [0.1, 0.15) is 17.7 Å². The number of nitrogens with zero attached hydrogens (tertiary/aromatic N) is 3. The van der Waals surface area contributed by atoms with Crippen LogP contribution in [0.1, 0.15) is 5.56 Å². The van der Waals surface area contributed by atoms with Gasteiger partial charge in [0, 0.05) is 5.69 Å². The Morgan fingerprint density at radius 1 is 1.22 bits per heavy atom. The minimum Gasteiger partial charge on any atom is -0.340 e. The number of hydrogen-bond donors (Lipinski definition) is 2. The van der Waals surface area contributed by atoms with Gasteiger partial charge in [-0.1, -0.05) is 6.07 Å². The van der Waals surface area contributed by atoms with Crippen molar-refractivity contribution in [2.24, 2.45) is 0 Å². The molecule has 0 saturated carbocycles. The summed E-state index contributed by atoms with van der Waals surface area (Å²) in [6.45, 7) is 1.90. The largest absolute Gasteiger partial charge is 0.340 e. The van der Waals surface area contributed by atoms with Crippen LogP contribution in [-0.4, -0.2) is 19.9 Å². The predicted molar refractivity (Wildman–Crippen MR) is 66.1 cm³/mol. The van der Waals surface area contributed by atoms with Crippen molar-refractivity contribution in [1.82, 2.24) is 19.9 Å². The van der Waals surface area contributed by atoms with Crippen molar-refractivity contribution in [1.29, 1.82) is 0 Å². The Hall–Kier alpha value is -2.50. The summed E-state index contributed by atoms with van der Waals surface area (Å²) in [5, 5.41) is 3.08. The van der Waals surface area contributed by atoms with Gasteiger partial charge in [-0.2, -0.15) is 0 Å². The Balaban J connectivity index is 2.06. The molecule has 0 spiro atoms. The first-order valence-electron chi connectivity index (χ1n) is 5.41. The van der Waals surface area contributed by atoms with Crippen LogP contribution in [0.3, 0.4) is 0 Å². The lowest BCUT2D eigenvalue weighted by Crippen LogP contribution is -1.98. The van der Waals surface area contributed by atoms with Crippen LogP contribution in [0.5, 0.6) is 0 Å². The Morgan fingerprint density at radius 2 is 2.11 bits per heavy atom. The van der Waals surface area contributed by atoms with E-state index in [2.05, 4.69) is 25.3 Å². The Bertz CT molecular complexity index is 707. The minimum absolute atomic E-state index is 0.294. The zero-order chi connectivity index (χ0) is 12.5. The molecule has 0 amide bonds. The molecule has 2 aromatic heterocycles. The monoisotopic (exact) mass is 243 g/mol. The van der Waals surface area contributed by atoms with E-state index in [1.165, 1.54) is 18.5 Å². The highest BCUT2D eigenvalue weighted by Gasteiger charge is 2.07. The van der Waals surface area contributed by atoms with Gasteiger partial charge in [0.05, 0.1) is 6.33 Å². The molecule has 3 aromatic rings. The molecule has 5 nitrogen and oxygen atoms in total. The van der Waals surface area contributed by atoms with Crippen LogP contribution in [0.15, 0.2) is 30.9 Å². The lowest BCUT2D eigenvalue weighted by molar-refractivity contribution is 0.628. The fraction of sp³-hybridized carbons (Fsp3) is 0.0833. The van der Waals surface area contributed by atoms with Gasteiger partial charge in [-0.15, -0.1) is 0 Å². The van der Waals surface area contributed by atoms with Crippen LogP contribution in [-0.2, 0) is 0 Å². The summed E-state index contributed by atoms with van der Waals surface area (Å²) < 4.78 is 13.2. The molecule has 6 heteroatoms. The number of hydrogen-bond acceptors (Lipinski definition) is 4. The molecule has 0 aliphatic heterocycles. The van der Waals surface area contributed by atoms with E-state index < -0.39 is 0 Å². The average Bonchev–Trinajstić information content (AvgIpc) is 2.83. The first-order chi connectivity index (χ1) is 8.74. The third-order valence-corrected chi connectivity index (χ3v) is 2.68. The van der Waals surface area contributed by atoms with Crippen molar-refractivity contribution in [3.8, 4) is 0 Å². The predicted octanol–water partition coefficient (Wildman–Crippen LogP) is 2.54. The summed E-state index contributed by atoms with van der Waals surface area (Å²) in [5.74, 6) is 0.282. The highest BCUT2D eigenvalue weighted by molar-refractivity contribution is 5.84. The van der Waals surface area contributed by atoms with Gasteiger partial charge in [-0.25, -0.2) is 19.3 Å². The molecule has 2 N–H and O–H groups in total. The maximum atomic E-state index is 13.2. The first kappa shape index (κ1) is 10.6. The van der Waals surface area contributed by atoms with Crippen molar-refractivity contribution in [3.63, 3.8) is 0 Å². The fourth-order valence-electron chi connectivity index (χ4n) is 1.72. The zero-order valence-electron chi connectivity index (χ0n) is 9.61. The molecule has 0 radical (unpaired) electrons. The van der Waals surface area contributed by atoms with Gasteiger partial charge < -0.3 is 10.3 Å². The molecule has 18 heavy (non-hydrogen) atoms. The lowest BCUT2D eigenvalue weighted by Gasteiger charge is -2.08. The number of aromatic amines is 1. The summed E-state index contributed by atoms with van der Waals surface area (Å²) in [7, 11) is 0.